The number of nitrogens with one attached hydrogen (secondary N) is 2. The molecule has 1 aromatic heterocycles. The lowest BCUT2D eigenvalue weighted by Crippen LogP contribution is -2.26. The monoisotopic (exact) mass is 307 g/mol. The van der Waals surface area contributed by atoms with Crippen LogP contribution in [0.15, 0.2) is 66.9 Å². The van der Waals surface area contributed by atoms with Crippen molar-refractivity contribution in [2.75, 3.05) is 6.61 Å². The molecular formula is C19H21N3O. The van der Waals surface area contributed by atoms with Crippen molar-refractivity contribution in [3.63, 3.8) is 0 Å². The fraction of sp³-hybridized carbons (Fsp3) is 0.211. The van der Waals surface area contributed by atoms with Gasteiger partial charge in [0.15, 0.2) is 0 Å². The van der Waals surface area contributed by atoms with Crippen molar-refractivity contribution in [2.45, 2.75) is 19.5 Å². The summed E-state index contributed by atoms with van der Waals surface area (Å²) in [6.45, 7) is 3.35. The van der Waals surface area contributed by atoms with Crippen LogP contribution in [0.1, 0.15) is 22.9 Å². The highest BCUT2D eigenvalue weighted by atomic mass is 16.5. The number of nitrogens with zero attached hydrogens (tertiary/aromatic N) is 1. The number of aromatic nitrogens is 2. The molecule has 3 rings (SSSR count). The zero-order valence-electron chi connectivity index (χ0n) is 13.2. The Labute approximate surface area is 136 Å². The van der Waals surface area contributed by atoms with Crippen LogP contribution in [-0.2, 0) is 6.54 Å². The first-order valence-corrected chi connectivity index (χ1v) is 7.78. The third kappa shape index (κ3) is 4.20. The van der Waals surface area contributed by atoms with Gasteiger partial charge >= 0.3 is 0 Å². The molecule has 0 unspecified atom stereocenters. The third-order valence-corrected chi connectivity index (χ3v) is 3.84. The molecular weight excluding hydrogens is 286 g/mol. The molecule has 0 saturated carbocycles. The van der Waals surface area contributed by atoms with E-state index in [1.54, 1.807) is 0 Å². The van der Waals surface area contributed by atoms with Crippen molar-refractivity contribution in [3.8, 4) is 5.75 Å². The lowest BCUT2D eigenvalue weighted by Gasteiger charge is -2.20. The van der Waals surface area contributed by atoms with Crippen LogP contribution in [0.2, 0.25) is 0 Å². The minimum absolute atomic E-state index is 0.116. The van der Waals surface area contributed by atoms with E-state index in [2.05, 4.69) is 39.8 Å². The molecule has 0 aliphatic rings. The number of ether oxygens (including phenoxy) is 1. The minimum atomic E-state index is 0.116. The fourth-order valence-electron chi connectivity index (χ4n) is 2.44. The lowest BCUT2D eigenvalue weighted by atomic mass is 10.1. The lowest BCUT2D eigenvalue weighted by molar-refractivity contribution is 0.265. The van der Waals surface area contributed by atoms with Gasteiger partial charge in [-0.15, -0.1) is 0 Å². The molecule has 2 aromatic carbocycles. The van der Waals surface area contributed by atoms with Gasteiger partial charge < -0.3 is 10.1 Å². The molecule has 0 spiro atoms. The molecule has 2 N–H and O–H groups in total. The molecule has 0 bridgehead atoms. The molecule has 118 valence electrons. The van der Waals surface area contributed by atoms with Crippen LogP contribution in [0.3, 0.4) is 0 Å². The van der Waals surface area contributed by atoms with Crippen LogP contribution >= 0.6 is 0 Å². The number of para-hydroxylation sites is 1. The molecule has 0 aliphatic carbocycles. The second kappa shape index (κ2) is 7.61. The zero-order valence-corrected chi connectivity index (χ0v) is 13.2. The van der Waals surface area contributed by atoms with Crippen LogP contribution in [0.4, 0.5) is 0 Å². The molecule has 0 radical (unpaired) electrons. The first-order valence-electron chi connectivity index (χ1n) is 7.78. The average Bonchev–Trinajstić information content (AvgIpc) is 3.02. The van der Waals surface area contributed by atoms with E-state index >= 15 is 0 Å². The van der Waals surface area contributed by atoms with Crippen molar-refractivity contribution in [2.24, 2.45) is 0 Å². The summed E-state index contributed by atoms with van der Waals surface area (Å²) >= 11 is 0. The quantitative estimate of drug-likeness (QED) is 0.701. The summed E-state index contributed by atoms with van der Waals surface area (Å²) in [7, 11) is 0. The summed E-state index contributed by atoms with van der Waals surface area (Å²) < 4.78 is 5.94. The summed E-state index contributed by atoms with van der Waals surface area (Å²) in [6.07, 6.45) is 1.86. The van der Waals surface area contributed by atoms with E-state index in [4.69, 9.17) is 4.74 Å². The number of rotatable bonds is 7. The predicted molar refractivity (Wildman–Crippen MR) is 91.3 cm³/mol. The molecule has 3 aromatic rings. The van der Waals surface area contributed by atoms with E-state index in [-0.39, 0.29) is 6.04 Å². The molecule has 4 heteroatoms. The molecule has 0 fully saturated rings. The summed E-state index contributed by atoms with van der Waals surface area (Å²) in [5, 5.41) is 10.6. The fourth-order valence-corrected chi connectivity index (χ4v) is 2.44. The van der Waals surface area contributed by atoms with Crippen molar-refractivity contribution >= 4 is 0 Å². The zero-order chi connectivity index (χ0) is 15.9. The molecule has 4 nitrogen and oxygen atoms in total. The van der Waals surface area contributed by atoms with Gasteiger partial charge in [0.05, 0.1) is 12.2 Å². The highest BCUT2D eigenvalue weighted by Gasteiger charge is 2.13. The van der Waals surface area contributed by atoms with E-state index in [1.807, 2.05) is 49.5 Å². The van der Waals surface area contributed by atoms with Crippen molar-refractivity contribution < 1.29 is 4.74 Å². The van der Waals surface area contributed by atoms with Gasteiger partial charge in [0.25, 0.3) is 0 Å². The van der Waals surface area contributed by atoms with Gasteiger partial charge in [-0.2, -0.15) is 5.10 Å². The van der Waals surface area contributed by atoms with E-state index in [0.717, 1.165) is 18.0 Å². The number of aromatic amines is 1. The Morgan fingerprint density at radius 1 is 1.04 bits per heavy atom. The molecule has 0 saturated heterocycles. The van der Waals surface area contributed by atoms with Gasteiger partial charge in [-0.1, -0.05) is 48.5 Å². The molecule has 1 heterocycles. The predicted octanol–water partition coefficient (Wildman–Crippen LogP) is 3.63. The van der Waals surface area contributed by atoms with Crippen LogP contribution in [-0.4, -0.2) is 16.8 Å². The Kier molecular flexibility index (Phi) is 5.06. The van der Waals surface area contributed by atoms with Crippen LogP contribution < -0.4 is 10.1 Å². The standard InChI is InChI=1S/C19H21N3O/c1-15-17(13-21-22-15)12-20-19(16-8-4-2-5-9-16)14-23-18-10-6-3-7-11-18/h2-11,13,19-20H,12,14H2,1H3,(H,21,22)/t19-/m1/s1. The maximum absolute atomic E-state index is 5.94. The van der Waals surface area contributed by atoms with Crippen LogP contribution in [0.25, 0.3) is 0 Å². The van der Waals surface area contributed by atoms with E-state index < -0.39 is 0 Å². The maximum Gasteiger partial charge on any atom is 0.119 e. The van der Waals surface area contributed by atoms with E-state index in [1.165, 1.54) is 11.1 Å². The second-order valence-electron chi connectivity index (χ2n) is 5.49. The molecule has 0 aliphatic heterocycles. The van der Waals surface area contributed by atoms with Crippen LogP contribution in [0.5, 0.6) is 5.75 Å². The largest absolute Gasteiger partial charge is 0.492 e. The molecule has 23 heavy (non-hydrogen) atoms. The van der Waals surface area contributed by atoms with Gasteiger partial charge in [0.1, 0.15) is 12.4 Å². The average molecular weight is 307 g/mol. The summed E-state index contributed by atoms with van der Waals surface area (Å²) in [6, 6.07) is 20.4. The normalized spacial score (nSPS) is 12.0. The van der Waals surface area contributed by atoms with E-state index in [9.17, 15) is 0 Å². The first-order chi connectivity index (χ1) is 11.3. The maximum atomic E-state index is 5.94. The van der Waals surface area contributed by atoms with Crippen LogP contribution in [0, 0.1) is 6.92 Å². The van der Waals surface area contributed by atoms with Gasteiger partial charge in [0, 0.05) is 17.8 Å². The summed E-state index contributed by atoms with van der Waals surface area (Å²) in [5.74, 6) is 0.884. The number of hydrogen-bond donors (Lipinski definition) is 2. The Hall–Kier alpha value is -2.59. The van der Waals surface area contributed by atoms with Crippen molar-refractivity contribution in [1.82, 2.24) is 15.5 Å². The molecule has 0 amide bonds. The SMILES string of the molecule is Cc1[nH]ncc1CN[C@H](COc1ccccc1)c1ccccc1. The molecule has 1 atom stereocenters. The Bertz CT molecular complexity index is 710. The number of benzene rings is 2. The number of H-pyrrole nitrogens is 1. The third-order valence-electron chi connectivity index (χ3n) is 3.84. The number of aryl methyl sites for hydroxylation is 1. The summed E-state index contributed by atoms with van der Waals surface area (Å²) in [5.41, 5.74) is 3.48. The van der Waals surface area contributed by atoms with Crippen molar-refractivity contribution in [3.05, 3.63) is 83.7 Å². The smallest absolute Gasteiger partial charge is 0.119 e. The summed E-state index contributed by atoms with van der Waals surface area (Å²) in [4.78, 5) is 0. The highest BCUT2D eigenvalue weighted by Crippen LogP contribution is 2.17. The van der Waals surface area contributed by atoms with Gasteiger partial charge in [-0.25, -0.2) is 0 Å². The second-order valence-corrected chi connectivity index (χ2v) is 5.49. The van der Waals surface area contributed by atoms with Gasteiger partial charge in [-0.05, 0) is 24.6 Å². The van der Waals surface area contributed by atoms with Crippen molar-refractivity contribution in [1.29, 1.82) is 0 Å². The van der Waals surface area contributed by atoms with E-state index in [0.29, 0.717) is 6.61 Å². The van der Waals surface area contributed by atoms with Gasteiger partial charge in [0.2, 0.25) is 0 Å². The van der Waals surface area contributed by atoms with Gasteiger partial charge in [-0.3, -0.25) is 5.10 Å². The first kappa shape index (κ1) is 15.3. The Morgan fingerprint density at radius 3 is 2.39 bits per heavy atom. The highest BCUT2D eigenvalue weighted by molar-refractivity contribution is 5.23. The minimum Gasteiger partial charge on any atom is -0.492 e. The topological polar surface area (TPSA) is 49.9 Å². The Balaban J connectivity index is 1.68. The Morgan fingerprint density at radius 2 is 1.74 bits per heavy atom. The number of hydrogen-bond acceptors (Lipinski definition) is 3.